The number of aryl methyl sites for hydroxylation is 2. The minimum atomic E-state index is -0.819. The third-order valence-corrected chi connectivity index (χ3v) is 7.94. The SMILES string of the molecule is Cc1ccn(-c2nc(NC3(N(C(=O)NCc4ccccc4)c4ccc(-c5cnn(C)c5)cc4)CCCCC3)ncc2C#N)n1. The van der Waals surface area contributed by atoms with Gasteiger partial charge in [-0.3, -0.25) is 9.58 Å². The quantitative estimate of drug-likeness (QED) is 0.222. The Bertz CT molecular complexity index is 1780. The predicted molar refractivity (Wildman–Crippen MR) is 168 cm³/mol. The van der Waals surface area contributed by atoms with Crippen LogP contribution in [0, 0.1) is 18.3 Å². The first-order chi connectivity index (χ1) is 21.4. The van der Waals surface area contributed by atoms with Crippen LogP contribution in [-0.2, 0) is 13.6 Å². The van der Waals surface area contributed by atoms with Crippen molar-refractivity contribution in [2.24, 2.45) is 7.05 Å². The average molecular weight is 587 g/mol. The van der Waals surface area contributed by atoms with Crippen LogP contribution < -0.4 is 15.5 Å². The zero-order valence-electron chi connectivity index (χ0n) is 24.8. The standard InChI is InChI=1S/C33H34N10O/c1-24-15-18-42(40-24)30-27(19-34)21-35-31(38-30)39-33(16-7-4-8-17-33)43(32(44)36-20-25-9-5-3-6-10-25)29-13-11-26(12-14-29)28-22-37-41(2)23-28/h3,5-6,9-15,18,21-23H,4,7-8,16-17,20H2,1-2H3,(H,36,44)(H,35,38,39). The molecular weight excluding hydrogens is 552 g/mol. The highest BCUT2D eigenvalue weighted by molar-refractivity contribution is 5.94. The number of hydrogen-bond acceptors (Lipinski definition) is 7. The molecule has 11 heteroatoms. The Morgan fingerprint density at radius 2 is 1.80 bits per heavy atom. The number of rotatable bonds is 8. The Kier molecular flexibility index (Phi) is 8.06. The van der Waals surface area contributed by atoms with E-state index in [1.54, 1.807) is 15.6 Å². The second kappa shape index (κ2) is 12.4. The van der Waals surface area contributed by atoms with E-state index in [1.165, 1.54) is 6.20 Å². The zero-order chi connectivity index (χ0) is 30.5. The summed E-state index contributed by atoms with van der Waals surface area (Å²) in [6.07, 6.45) is 11.3. The highest BCUT2D eigenvalue weighted by Gasteiger charge is 2.42. The molecule has 0 aliphatic heterocycles. The van der Waals surface area contributed by atoms with Gasteiger partial charge in [0, 0.05) is 37.2 Å². The summed E-state index contributed by atoms with van der Waals surface area (Å²) in [5.41, 5.74) is 4.05. The molecule has 3 aromatic heterocycles. The number of nitrogens with zero attached hydrogens (tertiary/aromatic N) is 8. The van der Waals surface area contributed by atoms with E-state index in [2.05, 4.69) is 31.9 Å². The van der Waals surface area contributed by atoms with Crippen molar-refractivity contribution in [3.8, 4) is 23.0 Å². The van der Waals surface area contributed by atoms with Crippen molar-refractivity contribution in [3.63, 3.8) is 0 Å². The largest absolute Gasteiger partial charge is 0.334 e. The van der Waals surface area contributed by atoms with Crippen LogP contribution in [0.25, 0.3) is 16.9 Å². The Morgan fingerprint density at radius 3 is 2.45 bits per heavy atom. The third-order valence-electron chi connectivity index (χ3n) is 7.94. The lowest BCUT2D eigenvalue weighted by atomic mass is 9.87. The molecule has 1 aliphatic carbocycles. The number of nitrogens with one attached hydrogen (secondary N) is 2. The van der Waals surface area contributed by atoms with E-state index in [0.29, 0.717) is 36.7 Å². The summed E-state index contributed by atoms with van der Waals surface area (Å²) in [5.74, 6) is 0.701. The molecule has 11 nitrogen and oxygen atoms in total. The molecule has 2 aromatic carbocycles. The van der Waals surface area contributed by atoms with Gasteiger partial charge in [0.2, 0.25) is 5.95 Å². The molecule has 2 N–H and O–H groups in total. The molecule has 1 saturated carbocycles. The molecule has 0 spiro atoms. The number of benzene rings is 2. The number of amides is 2. The van der Waals surface area contributed by atoms with Crippen molar-refractivity contribution in [1.29, 1.82) is 5.26 Å². The summed E-state index contributed by atoms with van der Waals surface area (Å²) >= 11 is 0. The number of urea groups is 1. The predicted octanol–water partition coefficient (Wildman–Crippen LogP) is 5.73. The fraction of sp³-hybridized carbons (Fsp3) is 0.273. The normalized spacial score (nSPS) is 14.0. The van der Waals surface area contributed by atoms with Crippen molar-refractivity contribution in [1.82, 2.24) is 34.8 Å². The summed E-state index contributed by atoms with van der Waals surface area (Å²) < 4.78 is 3.35. The second-order valence-electron chi connectivity index (χ2n) is 11.1. The molecule has 0 radical (unpaired) electrons. The van der Waals surface area contributed by atoms with Crippen LogP contribution in [-0.4, -0.2) is 41.2 Å². The molecule has 0 saturated heterocycles. The number of hydrogen-bond donors (Lipinski definition) is 2. The molecular formula is C33H34N10O. The van der Waals surface area contributed by atoms with E-state index in [1.807, 2.05) is 91.9 Å². The minimum Gasteiger partial charge on any atom is -0.334 e. The molecule has 1 fully saturated rings. The minimum absolute atomic E-state index is 0.228. The van der Waals surface area contributed by atoms with Gasteiger partial charge < -0.3 is 10.6 Å². The van der Waals surface area contributed by atoms with Crippen LogP contribution in [0.3, 0.4) is 0 Å². The molecule has 0 unspecified atom stereocenters. The number of aromatic nitrogens is 6. The monoisotopic (exact) mass is 586 g/mol. The Balaban J connectivity index is 1.39. The van der Waals surface area contributed by atoms with Crippen LogP contribution in [0.2, 0.25) is 0 Å². The van der Waals surface area contributed by atoms with Crippen LogP contribution in [0.5, 0.6) is 0 Å². The first-order valence-corrected chi connectivity index (χ1v) is 14.7. The first-order valence-electron chi connectivity index (χ1n) is 14.7. The van der Waals surface area contributed by atoms with Crippen molar-refractivity contribution in [2.75, 3.05) is 10.2 Å². The van der Waals surface area contributed by atoms with Crippen molar-refractivity contribution in [3.05, 3.63) is 102 Å². The van der Waals surface area contributed by atoms with E-state index in [-0.39, 0.29) is 6.03 Å². The topological polar surface area (TPSA) is 130 Å². The van der Waals surface area contributed by atoms with Crippen LogP contribution in [0.4, 0.5) is 16.4 Å². The molecule has 1 aliphatic rings. The molecule has 44 heavy (non-hydrogen) atoms. The van der Waals surface area contributed by atoms with Gasteiger partial charge in [0.25, 0.3) is 0 Å². The molecule has 5 aromatic rings. The van der Waals surface area contributed by atoms with Gasteiger partial charge in [-0.1, -0.05) is 48.9 Å². The first kappa shape index (κ1) is 28.6. The molecule has 6 rings (SSSR count). The van der Waals surface area contributed by atoms with Gasteiger partial charge in [-0.15, -0.1) is 0 Å². The maximum atomic E-state index is 14.2. The summed E-state index contributed by atoms with van der Waals surface area (Å²) in [5, 5.41) is 25.2. The van der Waals surface area contributed by atoms with Gasteiger partial charge in [0.1, 0.15) is 17.3 Å². The van der Waals surface area contributed by atoms with Crippen LogP contribution in [0.15, 0.2) is 85.5 Å². The Labute approximate surface area is 256 Å². The van der Waals surface area contributed by atoms with Gasteiger partial charge in [0.15, 0.2) is 5.82 Å². The van der Waals surface area contributed by atoms with E-state index in [9.17, 15) is 10.1 Å². The van der Waals surface area contributed by atoms with E-state index >= 15 is 0 Å². The lowest BCUT2D eigenvalue weighted by Crippen LogP contribution is -2.61. The molecule has 0 atom stereocenters. The Hall–Kier alpha value is -5.50. The highest BCUT2D eigenvalue weighted by Crippen LogP contribution is 2.38. The Morgan fingerprint density at radius 1 is 1.02 bits per heavy atom. The third kappa shape index (κ3) is 6.01. The van der Waals surface area contributed by atoms with Gasteiger partial charge in [0.05, 0.1) is 18.1 Å². The lowest BCUT2D eigenvalue weighted by Gasteiger charge is -2.46. The lowest BCUT2D eigenvalue weighted by molar-refractivity contribution is 0.230. The maximum absolute atomic E-state index is 14.2. The fourth-order valence-corrected chi connectivity index (χ4v) is 5.75. The molecule has 2 amide bonds. The highest BCUT2D eigenvalue weighted by atomic mass is 16.2. The summed E-state index contributed by atoms with van der Waals surface area (Å²) in [7, 11) is 1.89. The number of carbonyl (C=O) groups excluding carboxylic acids is 1. The number of nitriles is 1. The zero-order valence-corrected chi connectivity index (χ0v) is 24.8. The van der Waals surface area contributed by atoms with E-state index in [4.69, 9.17) is 4.98 Å². The van der Waals surface area contributed by atoms with E-state index in [0.717, 1.165) is 47.3 Å². The number of carbonyl (C=O) groups is 1. The average Bonchev–Trinajstić information content (AvgIpc) is 3.69. The van der Waals surface area contributed by atoms with Crippen molar-refractivity contribution >= 4 is 17.7 Å². The summed E-state index contributed by atoms with van der Waals surface area (Å²) in [6, 6.07) is 21.6. The smallest absolute Gasteiger partial charge is 0.324 e. The molecule has 3 heterocycles. The van der Waals surface area contributed by atoms with Gasteiger partial charge in [-0.05, 0) is 61.9 Å². The molecule has 0 bridgehead atoms. The summed E-state index contributed by atoms with van der Waals surface area (Å²) in [6.45, 7) is 2.27. The second-order valence-corrected chi connectivity index (χ2v) is 11.1. The van der Waals surface area contributed by atoms with Gasteiger partial charge >= 0.3 is 6.03 Å². The molecule has 222 valence electrons. The number of anilines is 2. The van der Waals surface area contributed by atoms with Gasteiger partial charge in [-0.2, -0.15) is 20.4 Å². The summed E-state index contributed by atoms with van der Waals surface area (Å²) in [4.78, 5) is 25.3. The maximum Gasteiger partial charge on any atom is 0.324 e. The van der Waals surface area contributed by atoms with Crippen molar-refractivity contribution < 1.29 is 4.79 Å². The van der Waals surface area contributed by atoms with E-state index < -0.39 is 5.66 Å². The van der Waals surface area contributed by atoms with Crippen molar-refractivity contribution in [2.45, 2.75) is 51.2 Å². The van der Waals surface area contributed by atoms with Gasteiger partial charge in [-0.25, -0.2) is 14.5 Å². The fourth-order valence-electron chi connectivity index (χ4n) is 5.75. The van der Waals surface area contributed by atoms with Crippen LogP contribution >= 0.6 is 0 Å². The van der Waals surface area contributed by atoms with Crippen LogP contribution in [0.1, 0.15) is 48.9 Å².